The summed E-state index contributed by atoms with van der Waals surface area (Å²) in [5.41, 5.74) is 3.34. The van der Waals surface area contributed by atoms with Crippen LogP contribution in [0.25, 0.3) is 0 Å². The first kappa shape index (κ1) is 27.3. The maximum atomic E-state index is 12.3. The van der Waals surface area contributed by atoms with Gasteiger partial charge in [-0.05, 0) is 55.6 Å². The Morgan fingerprint density at radius 2 is 1.76 bits per heavy atom. The van der Waals surface area contributed by atoms with Gasteiger partial charge < -0.3 is 29.9 Å². The van der Waals surface area contributed by atoms with Gasteiger partial charge >= 0.3 is 5.97 Å². The lowest BCUT2D eigenvalue weighted by molar-refractivity contribution is -0.276. The molecule has 1 amide bonds. The van der Waals surface area contributed by atoms with Crippen LogP contribution in [0.5, 0.6) is 0 Å². The zero-order valence-corrected chi connectivity index (χ0v) is 21.5. The number of carboxylic acids is 1. The smallest absolute Gasteiger partial charge is 0.303 e. The number of nitrogens with zero attached hydrogens (tertiary/aromatic N) is 1. The number of amides is 1. The van der Waals surface area contributed by atoms with Crippen molar-refractivity contribution in [3.8, 4) is 0 Å². The molecule has 2 aromatic rings. The van der Waals surface area contributed by atoms with E-state index in [9.17, 15) is 14.7 Å². The summed E-state index contributed by atoms with van der Waals surface area (Å²) in [4.78, 5) is 25.5. The Morgan fingerprint density at radius 1 is 1.00 bits per heavy atom. The van der Waals surface area contributed by atoms with Gasteiger partial charge in [-0.3, -0.25) is 9.59 Å². The van der Waals surface area contributed by atoms with Crippen LogP contribution < -0.4 is 5.32 Å². The van der Waals surface area contributed by atoms with E-state index in [1.54, 1.807) is 6.07 Å². The van der Waals surface area contributed by atoms with Crippen molar-refractivity contribution in [3.05, 3.63) is 65.2 Å². The largest absolute Gasteiger partial charge is 0.481 e. The molecule has 0 bridgehead atoms. The minimum absolute atomic E-state index is 0.000498. The van der Waals surface area contributed by atoms with E-state index in [1.165, 1.54) is 19.3 Å². The fourth-order valence-corrected chi connectivity index (χ4v) is 5.11. The molecule has 2 fully saturated rings. The lowest BCUT2D eigenvalue weighted by Crippen LogP contribution is -2.45. The lowest BCUT2D eigenvalue weighted by Gasteiger charge is -2.43. The zero-order valence-electron chi connectivity index (χ0n) is 21.5. The molecule has 2 saturated heterocycles. The summed E-state index contributed by atoms with van der Waals surface area (Å²) in [6.07, 6.45) is 3.29. The number of aliphatic hydroxyl groups is 1. The Kier molecular flexibility index (Phi) is 9.68. The Balaban J connectivity index is 1.51. The van der Waals surface area contributed by atoms with Gasteiger partial charge in [0.2, 0.25) is 5.91 Å². The normalized spacial score (nSPS) is 24.5. The highest BCUT2D eigenvalue weighted by Crippen LogP contribution is 2.42. The Bertz CT molecular complexity index is 1040. The minimum atomic E-state index is -0.907. The molecule has 4 rings (SSSR count). The SMILES string of the molecule is C[C@@H]1[C@H](CN2CCCCC2)O[C@H](c2cccc(NC(=O)CCCC(=O)O)c2)O[C@@H]1c1ccc(CO)cc1. The number of hydrogen-bond acceptors (Lipinski definition) is 6. The van der Waals surface area contributed by atoms with E-state index in [-0.39, 0.29) is 43.5 Å². The molecule has 0 aromatic heterocycles. The molecule has 3 N–H and O–H groups in total. The summed E-state index contributed by atoms with van der Waals surface area (Å²) >= 11 is 0. The average Bonchev–Trinajstić information content (AvgIpc) is 2.90. The molecular formula is C29H38N2O6. The Hall–Kier alpha value is -2.78. The van der Waals surface area contributed by atoms with E-state index in [2.05, 4.69) is 17.1 Å². The van der Waals surface area contributed by atoms with Crippen LogP contribution in [-0.4, -0.2) is 52.7 Å². The number of carbonyl (C=O) groups is 2. The number of aliphatic carboxylic acids is 1. The number of nitrogens with one attached hydrogen (secondary N) is 1. The molecule has 2 heterocycles. The average molecular weight is 511 g/mol. The zero-order chi connectivity index (χ0) is 26.2. The van der Waals surface area contributed by atoms with Crippen LogP contribution in [0.2, 0.25) is 0 Å². The molecule has 37 heavy (non-hydrogen) atoms. The molecule has 0 unspecified atom stereocenters. The summed E-state index contributed by atoms with van der Waals surface area (Å²) in [7, 11) is 0. The third-order valence-electron chi connectivity index (χ3n) is 7.25. The first-order valence-corrected chi connectivity index (χ1v) is 13.3. The van der Waals surface area contributed by atoms with E-state index in [0.717, 1.165) is 36.3 Å². The van der Waals surface area contributed by atoms with E-state index in [1.807, 2.05) is 42.5 Å². The second-order valence-electron chi connectivity index (χ2n) is 10.1. The first-order chi connectivity index (χ1) is 17.9. The third-order valence-corrected chi connectivity index (χ3v) is 7.25. The van der Waals surface area contributed by atoms with Crippen LogP contribution in [0.15, 0.2) is 48.5 Å². The van der Waals surface area contributed by atoms with Crippen molar-refractivity contribution in [1.29, 1.82) is 0 Å². The number of likely N-dealkylation sites (tertiary alicyclic amines) is 1. The summed E-state index contributed by atoms with van der Waals surface area (Å²) in [6, 6.07) is 15.3. The highest BCUT2D eigenvalue weighted by Gasteiger charge is 2.39. The van der Waals surface area contributed by atoms with Crippen molar-refractivity contribution in [2.45, 2.75) is 70.6 Å². The number of aliphatic hydroxyl groups excluding tert-OH is 1. The quantitative estimate of drug-likeness (QED) is 0.427. The topological polar surface area (TPSA) is 108 Å². The molecule has 2 aromatic carbocycles. The first-order valence-electron chi connectivity index (χ1n) is 13.3. The number of rotatable bonds is 10. The van der Waals surface area contributed by atoms with Crippen molar-refractivity contribution in [2.24, 2.45) is 5.92 Å². The van der Waals surface area contributed by atoms with Crippen molar-refractivity contribution >= 4 is 17.6 Å². The third kappa shape index (κ3) is 7.61. The van der Waals surface area contributed by atoms with E-state index >= 15 is 0 Å². The molecular weight excluding hydrogens is 472 g/mol. The van der Waals surface area contributed by atoms with Crippen LogP contribution in [0.1, 0.15) is 74.5 Å². The van der Waals surface area contributed by atoms with Crippen molar-refractivity contribution in [1.82, 2.24) is 4.90 Å². The maximum Gasteiger partial charge on any atom is 0.303 e. The lowest BCUT2D eigenvalue weighted by atomic mass is 9.89. The van der Waals surface area contributed by atoms with Crippen LogP contribution in [-0.2, 0) is 25.7 Å². The van der Waals surface area contributed by atoms with Crippen molar-refractivity contribution in [2.75, 3.05) is 25.0 Å². The predicted molar refractivity (Wildman–Crippen MR) is 140 cm³/mol. The van der Waals surface area contributed by atoms with E-state index < -0.39 is 12.3 Å². The van der Waals surface area contributed by atoms with Gasteiger partial charge in [0.25, 0.3) is 0 Å². The Morgan fingerprint density at radius 3 is 2.46 bits per heavy atom. The number of carbonyl (C=O) groups excluding carboxylic acids is 1. The second kappa shape index (κ2) is 13.1. The summed E-state index contributed by atoms with van der Waals surface area (Å²) in [5, 5.41) is 21.1. The number of anilines is 1. The Labute approximate surface area is 218 Å². The number of ether oxygens (including phenoxy) is 2. The molecule has 0 radical (unpaired) electrons. The van der Waals surface area contributed by atoms with Crippen LogP contribution in [0, 0.1) is 5.92 Å². The monoisotopic (exact) mass is 510 g/mol. The molecule has 0 aliphatic carbocycles. The fourth-order valence-electron chi connectivity index (χ4n) is 5.11. The van der Waals surface area contributed by atoms with Gasteiger partial charge in [-0.1, -0.05) is 49.7 Å². The molecule has 200 valence electrons. The molecule has 0 saturated carbocycles. The maximum absolute atomic E-state index is 12.3. The minimum Gasteiger partial charge on any atom is -0.481 e. The number of benzene rings is 2. The van der Waals surface area contributed by atoms with Gasteiger partial charge in [0.05, 0.1) is 18.8 Å². The number of carboxylic acid groups (broad SMARTS) is 1. The van der Waals surface area contributed by atoms with E-state index in [4.69, 9.17) is 14.6 Å². The number of piperidine rings is 1. The molecule has 8 heteroatoms. The standard InChI is InChI=1S/C29H38N2O6/c1-20-25(18-31-15-3-2-4-16-31)36-29(37-28(20)22-13-11-21(19-32)12-14-22)23-7-5-8-24(17-23)30-26(33)9-6-10-27(34)35/h5,7-8,11-14,17,20,25,28-29,32H,2-4,6,9-10,15-16,18-19H2,1H3,(H,30,33)(H,34,35)/t20-,25+,28+,29+/m1/s1. The van der Waals surface area contributed by atoms with E-state index in [0.29, 0.717) is 12.1 Å². The predicted octanol–water partition coefficient (Wildman–Crippen LogP) is 4.65. The highest BCUT2D eigenvalue weighted by molar-refractivity contribution is 5.90. The van der Waals surface area contributed by atoms with Crippen LogP contribution in [0.3, 0.4) is 0 Å². The van der Waals surface area contributed by atoms with Gasteiger partial charge in [0.15, 0.2) is 6.29 Å². The van der Waals surface area contributed by atoms with Crippen LogP contribution in [0.4, 0.5) is 5.69 Å². The van der Waals surface area contributed by atoms with Gasteiger partial charge in [-0.25, -0.2) is 0 Å². The van der Waals surface area contributed by atoms with Crippen molar-refractivity contribution < 1.29 is 29.3 Å². The molecule has 2 aliphatic rings. The van der Waals surface area contributed by atoms with Gasteiger partial charge in [0.1, 0.15) is 0 Å². The summed E-state index contributed by atoms with van der Waals surface area (Å²) in [6.45, 7) is 5.17. The van der Waals surface area contributed by atoms with Gasteiger partial charge in [0, 0.05) is 36.6 Å². The summed E-state index contributed by atoms with van der Waals surface area (Å²) in [5.74, 6) is -1.01. The molecule has 4 atom stereocenters. The molecule has 8 nitrogen and oxygen atoms in total. The molecule has 2 aliphatic heterocycles. The number of hydrogen-bond donors (Lipinski definition) is 3. The second-order valence-corrected chi connectivity index (χ2v) is 10.1. The van der Waals surface area contributed by atoms with Gasteiger partial charge in [-0.2, -0.15) is 0 Å². The molecule has 0 spiro atoms. The van der Waals surface area contributed by atoms with Crippen molar-refractivity contribution in [3.63, 3.8) is 0 Å². The highest BCUT2D eigenvalue weighted by atomic mass is 16.7. The summed E-state index contributed by atoms with van der Waals surface area (Å²) < 4.78 is 13.1. The van der Waals surface area contributed by atoms with Gasteiger partial charge in [-0.15, -0.1) is 0 Å². The fraction of sp³-hybridized carbons (Fsp3) is 0.517. The van der Waals surface area contributed by atoms with Crippen LogP contribution >= 0.6 is 0 Å².